The van der Waals surface area contributed by atoms with E-state index in [1.54, 1.807) is 0 Å². The van der Waals surface area contributed by atoms with Crippen molar-refractivity contribution in [3.63, 3.8) is 0 Å². The van der Waals surface area contributed by atoms with Gasteiger partial charge in [0.2, 0.25) is 0 Å². The summed E-state index contributed by atoms with van der Waals surface area (Å²) >= 11 is 1.96. The second kappa shape index (κ2) is 5.75. The van der Waals surface area contributed by atoms with Crippen LogP contribution in [-0.2, 0) is 9.53 Å². The van der Waals surface area contributed by atoms with Crippen molar-refractivity contribution in [1.29, 1.82) is 0 Å². The van der Waals surface area contributed by atoms with Crippen LogP contribution in [-0.4, -0.2) is 36.2 Å². The lowest BCUT2D eigenvalue weighted by molar-refractivity contribution is -0.144. The molecule has 1 aliphatic heterocycles. The molecule has 3 unspecified atom stereocenters. The Labute approximate surface area is 96.3 Å². The minimum absolute atomic E-state index is 0.144. The Balaban J connectivity index is 2.54. The third-order valence-corrected chi connectivity index (χ3v) is 4.22. The van der Waals surface area contributed by atoms with Gasteiger partial charge < -0.3 is 10.1 Å². The third-order valence-electron chi connectivity index (χ3n) is 2.89. The molecule has 0 radical (unpaired) electrons. The molecule has 0 spiro atoms. The van der Waals surface area contributed by atoms with E-state index in [0.29, 0.717) is 11.3 Å². The largest absolute Gasteiger partial charge is 0.468 e. The van der Waals surface area contributed by atoms with Crippen LogP contribution in [0.4, 0.5) is 0 Å². The summed E-state index contributed by atoms with van der Waals surface area (Å²) in [4.78, 5) is 11.6. The van der Waals surface area contributed by atoms with Gasteiger partial charge in [-0.15, -0.1) is 0 Å². The van der Waals surface area contributed by atoms with Gasteiger partial charge in [-0.2, -0.15) is 11.8 Å². The second-order valence-corrected chi connectivity index (χ2v) is 5.87. The van der Waals surface area contributed by atoms with Gasteiger partial charge in [0.25, 0.3) is 0 Å². The lowest BCUT2D eigenvalue weighted by Gasteiger charge is -2.25. The standard InChI is InChI=1S/C11H21NO2S/c1-7(2)10(11(13)14-4)12-9-5-6-15-8(9)3/h7-10,12H,5-6H2,1-4H3. The number of esters is 1. The highest BCUT2D eigenvalue weighted by Gasteiger charge is 2.30. The van der Waals surface area contributed by atoms with Gasteiger partial charge in [-0.05, 0) is 18.1 Å². The van der Waals surface area contributed by atoms with Crippen LogP contribution in [0.1, 0.15) is 27.2 Å². The second-order valence-electron chi connectivity index (χ2n) is 4.38. The van der Waals surface area contributed by atoms with Crippen LogP contribution in [0.3, 0.4) is 0 Å². The Morgan fingerprint density at radius 2 is 2.20 bits per heavy atom. The molecule has 1 heterocycles. The van der Waals surface area contributed by atoms with E-state index in [9.17, 15) is 4.79 Å². The van der Waals surface area contributed by atoms with Crippen LogP contribution < -0.4 is 5.32 Å². The molecule has 4 heteroatoms. The van der Waals surface area contributed by atoms with E-state index in [2.05, 4.69) is 12.2 Å². The van der Waals surface area contributed by atoms with Crippen molar-refractivity contribution < 1.29 is 9.53 Å². The SMILES string of the molecule is COC(=O)C(NC1CCSC1C)C(C)C. The summed E-state index contributed by atoms with van der Waals surface area (Å²) in [5.74, 6) is 1.31. The number of hydrogen-bond acceptors (Lipinski definition) is 4. The van der Waals surface area contributed by atoms with Crippen molar-refractivity contribution in [2.45, 2.75) is 44.5 Å². The summed E-state index contributed by atoms with van der Waals surface area (Å²) in [6, 6.07) is 0.280. The van der Waals surface area contributed by atoms with Crippen LogP contribution >= 0.6 is 11.8 Å². The average molecular weight is 231 g/mol. The molecule has 0 aliphatic carbocycles. The third kappa shape index (κ3) is 3.38. The van der Waals surface area contributed by atoms with E-state index in [-0.39, 0.29) is 17.9 Å². The zero-order chi connectivity index (χ0) is 11.4. The molecule has 1 fully saturated rings. The number of carbonyl (C=O) groups is 1. The molecular weight excluding hydrogens is 210 g/mol. The van der Waals surface area contributed by atoms with Gasteiger partial charge in [-0.3, -0.25) is 4.79 Å². The zero-order valence-corrected chi connectivity index (χ0v) is 10.8. The highest BCUT2D eigenvalue weighted by molar-refractivity contribution is 8.00. The molecule has 0 bridgehead atoms. The maximum atomic E-state index is 11.6. The number of hydrogen-bond donors (Lipinski definition) is 1. The Morgan fingerprint density at radius 3 is 2.60 bits per heavy atom. The maximum Gasteiger partial charge on any atom is 0.323 e. The number of carbonyl (C=O) groups excluding carboxylic acids is 1. The fraction of sp³-hybridized carbons (Fsp3) is 0.909. The Hall–Kier alpha value is -0.220. The summed E-state index contributed by atoms with van der Waals surface area (Å²) in [5.41, 5.74) is 0. The molecule has 1 N–H and O–H groups in total. The van der Waals surface area contributed by atoms with Crippen LogP contribution in [0, 0.1) is 5.92 Å². The number of thioether (sulfide) groups is 1. The van der Waals surface area contributed by atoms with Gasteiger partial charge in [0.05, 0.1) is 7.11 Å². The topological polar surface area (TPSA) is 38.3 Å². The van der Waals surface area contributed by atoms with E-state index in [0.717, 1.165) is 6.42 Å². The first-order valence-corrected chi connectivity index (χ1v) is 6.56. The molecule has 15 heavy (non-hydrogen) atoms. The number of methoxy groups -OCH3 is 1. The molecule has 1 saturated heterocycles. The molecule has 0 aromatic carbocycles. The summed E-state index contributed by atoms with van der Waals surface area (Å²) in [5, 5.41) is 4.01. The van der Waals surface area contributed by atoms with Gasteiger partial charge in [0.1, 0.15) is 6.04 Å². The van der Waals surface area contributed by atoms with Crippen molar-refractivity contribution >= 4 is 17.7 Å². The lowest BCUT2D eigenvalue weighted by atomic mass is 10.0. The molecule has 0 saturated carbocycles. The van der Waals surface area contributed by atoms with Crippen molar-refractivity contribution in [2.24, 2.45) is 5.92 Å². The predicted octanol–water partition coefficient (Wildman–Crippen LogP) is 1.67. The van der Waals surface area contributed by atoms with Crippen LogP contribution in [0.25, 0.3) is 0 Å². The fourth-order valence-electron chi connectivity index (χ4n) is 1.84. The van der Waals surface area contributed by atoms with E-state index < -0.39 is 0 Å². The molecule has 0 amide bonds. The van der Waals surface area contributed by atoms with E-state index >= 15 is 0 Å². The maximum absolute atomic E-state index is 11.6. The molecule has 88 valence electrons. The number of rotatable bonds is 4. The van der Waals surface area contributed by atoms with Crippen molar-refractivity contribution in [3.05, 3.63) is 0 Å². The normalized spacial score (nSPS) is 28.1. The minimum Gasteiger partial charge on any atom is -0.468 e. The summed E-state index contributed by atoms with van der Waals surface area (Å²) in [6.45, 7) is 6.30. The van der Waals surface area contributed by atoms with Gasteiger partial charge in [-0.25, -0.2) is 0 Å². The summed E-state index contributed by atoms with van der Waals surface area (Å²) in [7, 11) is 1.45. The average Bonchev–Trinajstić information content (AvgIpc) is 2.59. The quantitative estimate of drug-likeness (QED) is 0.747. The number of ether oxygens (including phenoxy) is 1. The molecule has 3 nitrogen and oxygen atoms in total. The van der Waals surface area contributed by atoms with Crippen molar-refractivity contribution in [1.82, 2.24) is 5.32 Å². The van der Waals surface area contributed by atoms with Gasteiger partial charge in [0, 0.05) is 11.3 Å². The first kappa shape index (κ1) is 12.8. The molecule has 0 aromatic rings. The van der Waals surface area contributed by atoms with E-state index in [4.69, 9.17) is 4.74 Å². The highest BCUT2D eigenvalue weighted by atomic mass is 32.2. The molecular formula is C11H21NO2S. The van der Waals surface area contributed by atoms with Crippen molar-refractivity contribution in [2.75, 3.05) is 12.9 Å². The molecule has 1 rings (SSSR count). The first-order valence-electron chi connectivity index (χ1n) is 5.51. The zero-order valence-electron chi connectivity index (χ0n) is 9.95. The fourth-order valence-corrected chi connectivity index (χ4v) is 3.05. The predicted molar refractivity (Wildman–Crippen MR) is 64.1 cm³/mol. The summed E-state index contributed by atoms with van der Waals surface area (Å²) < 4.78 is 4.81. The van der Waals surface area contributed by atoms with E-state index in [1.165, 1.54) is 12.9 Å². The molecule has 1 aliphatic rings. The van der Waals surface area contributed by atoms with Gasteiger partial charge in [-0.1, -0.05) is 20.8 Å². The van der Waals surface area contributed by atoms with Crippen LogP contribution in [0.15, 0.2) is 0 Å². The minimum atomic E-state index is -0.166. The molecule has 0 aromatic heterocycles. The Morgan fingerprint density at radius 1 is 1.53 bits per heavy atom. The lowest BCUT2D eigenvalue weighted by Crippen LogP contribution is -2.48. The van der Waals surface area contributed by atoms with E-state index in [1.807, 2.05) is 25.6 Å². The van der Waals surface area contributed by atoms with Gasteiger partial charge >= 0.3 is 5.97 Å². The Bertz CT molecular complexity index is 221. The Kier molecular flexibility index (Phi) is 4.93. The first-order chi connectivity index (χ1) is 7.06. The highest BCUT2D eigenvalue weighted by Crippen LogP contribution is 2.27. The number of nitrogens with one attached hydrogen (secondary N) is 1. The summed E-state index contributed by atoms with van der Waals surface area (Å²) in [6.07, 6.45) is 1.14. The van der Waals surface area contributed by atoms with Crippen molar-refractivity contribution in [3.8, 4) is 0 Å². The van der Waals surface area contributed by atoms with Crippen LogP contribution in [0.5, 0.6) is 0 Å². The van der Waals surface area contributed by atoms with Gasteiger partial charge in [0.15, 0.2) is 0 Å². The van der Waals surface area contributed by atoms with Crippen LogP contribution in [0.2, 0.25) is 0 Å². The monoisotopic (exact) mass is 231 g/mol. The smallest absolute Gasteiger partial charge is 0.323 e. The molecule has 3 atom stereocenters.